The van der Waals surface area contributed by atoms with E-state index in [1.54, 1.807) is 24.5 Å². The number of rotatable bonds is 9. The number of ether oxygens (including phenoxy) is 1. The lowest BCUT2D eigenvalue weighted by Gasteiger charge is -2.34. The van der Waals surface area contributed by atoms with E-state index in [1.165, 1.54) is 18.9 Å². The Morgan fingerprint density at radius 3 is 2.62 bits per heavy atom. The lowest BCUT2D eigenvalue weighted by Crippen LogP contribution is -2.47. The minimum absolute atomic E-state index is 0.0639. The molecule has 0 radical (unpaired) electrons. The van der Waals surface area contributed by atoms with Crippen LogP contribution in [0.25, 0.3) is 0 Å². The molecule has 0 spiro atoms. The number of nitrogens with zero attached hydrogens (tertiary/aromatic N) is 3. The van der Waals surface area contributed by atoms with Crippen molar-refractivity contribution in [3.8, 4) is 5.75 Å². The minimum atomic E-state index is -0.373. The molecule has 1 saturated heterocycles. The van der Waals surface area contributed by atoms with Crippen LogP contribution in [0, 0.1) is 23.6 Å². The molecular weight excluding hydrogens is 491 g/mol. The number of carbonyl (C=O) groups is 1. The van der Waals surface area contributed by atoms with Gasteiger partial charge in [-0.2, -0.15) is 0 Å². The van der Waals surface area contributed by atoms with Crippen LogP contribution in [0.15, 0.2) is 30.6 Å². The second-order valence-corrected chi connectivity index (χ2v) is 11.9. The summed E-state index contributed by atoms with van der Waals surface area (Å²) in [5.41, 5.74) is 0.263. The summed E-state index contributed by atoms with van der Waals surface area (Å²) >= 11 is 5.90. The highest BCUT2D eigenvalue weighted by Crippen LogP contribution is 2.49. The van der Waals surface area contributed by atoms with Gasteiger partial charge in [0, 0.05) is 24.7 Å². The minimum Gasteiger partial charge on any atom is -0.493 e. The van der Waals surface area contributed by atoms with Crippen molar-refractivity contribution in [2.75, 3.05) is 24.6 Å². The molecule has 0 bridgehead atoms. The fourth-order valence-corrected chi connectivity index (χ4v) is 6.37. The van der Waals surface area contributed by atoms with Gasteiger partial charge in [-0.05, 0) is 74.8 Å². The SMILES string of the molecule is CC1(NC(=O)Cc2ccc(OCCC3CC3C3CCN(c4ncc(Cl)cn4)CC3)cc2F)CCCCC1. The maximum absolute atomic E-state index is 14.7. The Morgan fingerprint density at radius 2 is 1.92 bits per heavy atom. The van der Waals surface area contributed by atoms with Crippen LogP contribution in [0.1, 0.15) is 70.3 Å². The second kappa shape index (κ2) is 11.5. The molecule has 1 amide bonds. The van der Waals surface area contributed by atoms with Crippen molar-refractivity contribution in [2.45, 2.75) is 76.7 Å². The third-order valence-electron chi connectivity index (χ3n) is 8.54. The van der Waals surface area contributed by atoms with Gasteiger partial charge in [0.1, 0.15) is 11.6 Å². The number of aromatic nitrogens is 2. The molecule has 3 fully saturated rings. The van der Waals surface area contributed by atoms with Crippen LogP contribution in [0.5, 0.6) is 5.75 Å². The number of carbonyl (C=O) groups excluding carboxylic acids is 1. The number of hydrogen-bond acceptors (Lipinski definition) is 5. The molecule has 1 aromatic heterocycles. The van der Waals surface area contributed by atoms with Gasteiger partial charge in [0.2, 0.25) is 11.9 Å². The molecular formula is C29H38ClFN4O2. The summed E-state index contributed by atoms with van der Waals surface area (Å²) in [6.45, 7) is 4.65. The van der Waals surface area contributed by atoms with Gasteiger partial charge in [0.05, 0.1) is 30.4 Å². The summed E-state index contributed by atoms with van der Waals surface area (Å²) in [5, 5.41) is 3.69. The Balaban J connectivity index is 1.01. The fraction of sp³-hybridized carbons (Fsp3) is 0.621. The fourth-order valence-electron chi connectivity index (χ4n) is 6.28. The number of hydrogen-bond donors (Lipinski definition) is 1. The first-order valence-electron chi connectivity index (χ1n) is 13.8. The number of benzene rings is 1. The number of piperidine rings is 1. The van der Waals surface area contributed by atoms with E-state index in [0.717, 1.165) is 75.8 Å². The summed E-state index contributed by atoms with van der Waals surface area (Å²) in [4.78, 5) is 23.4. The van der Waals surface area contributed by atoms with Crippen molar-refractivity contribution in [3.05, 3.63) is 47.0 Å². The summed E-state index contributed by atoms with van der Waals surface area (Å²) in [7, 11) is 0. The van der Waals surface area contributed by atoms with Crippen molar-refractivity contribution in [1.29, 1.82) is 0 Å². The molecule has 8 heteroatoms. The van der Waals surface area contributed by atoms with E-state index in [4.69, 9.17) is 16.3 Å². The van der Waals surface area contributed by atoms with Gasteiger partial charge in [0.25, 0.3) is 0 Å². The van der Waals surface area contributed by atoms with Crippen LogP contribution >= 0.6 is 11.6 Å². The van der Waals surface area contributed by atoms with Crippen LogP contribution in [0.4, 0.5) is 10.3 Å². The summed E-state index contributed by atoms with van der Waals surface area (Å²) in [5.74, 6) is 3.02. The Morgan fingerprint density at radius 1 is 1.19 bits per heavy atom. The van der Waals surface area contributed by atoms with Crippen LogP contribution in [-0.4, -0.2) is 41.1 Å². The molecule has 2 atom stereocenters. The molecule has 2 aliphatic carbocycles. The topological polar surface area (TPSA) is 67.3 Å². The van der Waals surface area contributed by atoms with Gasteiger partial charge in [-0.15, -0.1) is 0 Å². The predicted octanol–water partition coefficient (Wildman–Crippen LogP) is 5.97. The first-order chi connectivity index (χ1) is 17.9. The molecule has 2 aromatic rings. The Bertz CT molecular complexity index is 1070. The highest BCUT2D eigenvalue weighted by Gasteiger charge is 2.43. The Hall–Kier alpha value is -2.41. The maximum Gasteiger partial charge on any atom is 0.225 e. The quantitative estimate of drug-likeness (QED) is 0.434. The highest BCUT2D eigenvalue weighted by atomic mass is 35.5. The van der Waals surface area contributed by atoms with E-state index >= 15 is 0 Å². The van der Waals surface area contributed by atoms with Crippen molar-refractivity contribution in [1.82, 2.24) is 15.3 Å². The maximum atomic E-state index is 14.7. The zero-order valence-corrected chi connectivity index (χ0v) is 22.5. The van der Waals surface area contributed by atoms with E-state index in [1.807, 2.05) is 0 Å². The normalized spacial score (nSPS) is 23.5. The molecule has 6 nitrogen and oxygen atoms in total. The van der Waals surface area contributed by atoms with Crippen LogP contribution < -0.4 is 15.0 Å². The number of halogens is 2. The van der Waals surface area contributed by atoms with Gasteiger partial charge >= 0.3 is 0 Å². The van der Waals surface area contributed by atoms with Gasteiger partial charge in [-0.25, -0.2) is 14.4 Å². The summed E-state index contributed by atoms with van der Waals surface area (Å²) < 4.78 is 20.6. The van der Waals surface area contributed by atoms with Gasteiger partial charge < -0.3 is 15.0 Å². The van der Waals surface area contributed by atoms with Crippen molar-refractivity contribution >= 4 is 23.5 Å². The number of amides is 1. The molecule has 37 heavy (non-hydrogen) atoms. The van der Waals surface area contributed by atoms with Crippen molar-refractivity contribution in [3.63, 3.8) is 0 Å². The molecule has 5 rings (SSSR count). The van der Waals surface area contributed by atoms with Gasteiger partial charge in [0.15, 0.2) is 0 Å². The third-order valence-corrected chi connectivity index (χ3v) is 8.74. The van der Waals surface area contributed by atoms with E-state index in [0.29, 0.717) is 28.9 Å². The molecule has 1 aliphatic heterocycles. The smallest absolute Gasteiger partial charge is 0.225 e. The molecule has 3 aliphatic rings. The molecule has 1 N–H and O–H groups in total. The van der Waals surface area contributed by atoms with Crippen molar-refractivity contribution < 1.29 is 13.9 Å². The lowest BCUT2D eigenvalue weighted by atomic mass is 9.83. The third kappa shape index (κ3) is 6.92. The predicted molar refractivity (Wildman–Crippen MR) is 143 cm³/mol. The zero-order chi connectivity index (χ0) is 25.8. The first kappa shape index (κ1) is 26.2. The number of nitrogens with one attached hydrogen (secondary N) is 1. The van der Waals surface area contributed by atoms with E-state index in [9.17, 15) is 9.18 Å². The average molecular weight is 529 g/mol. The van der Waals surface area contributed by atoms with Gasteiger partial charge in [-0.1, -0.05) is 36.9 Å². The van der Waals surface area contributed by atoms with Crippen LogP contribution in [-0.2, 0) is 11.2 Å². The van der Waals surface area contributed by atoms with E-state index < -0.39 is 0 Å². The average Bonchev–Trinajstić information content (AvgIpc) is 3.66. The summed E-state index contributed by atoms with van der Waals surface area (Å²) in [6, 6.07) is 4.89. The Kier molecular flexibility index (Phi) is 8.18. The first-order valence-corrected chi connectivity index (χ1v) is 14.2. The molecule has 2 saturated carbocycles. The zero-order valence-electron chi connectivity index (χ0n) is 21.7. The largest absolute Gasteiger partial charge is 0.493 e. The standard InChI is InChI=1S/C29H38ClFN4O2/c1-29(10-3-2-4-11-29)34-27(36)16-22-5-6-24(17-26(22)31)37-14-9-21-15-25(21)20-7-12-35(13-8-20)28-32-18-23(30)19-33-28/h5-6,17-21,25H,2-4,7-16H2,1H3,(H,34,36). The molecule has 1 aromatic carbocycles. The van der Waals surface area contributed by atoms with Gasteiger partial charge in [-0.3, -0.25) is 4.79 Å². The van der Waals surface area contributed by atoms with E-state index in [-0.39, 0.29) is 23.7 Å². The van der Waals surface area contributed by atoms with Crippen LogP contribution in [0.3, 0.4) is 0 Å². The molecule has 2 unspecified atom stereocenters. The lowest BCUT2D eigenvalue weighted by molar-refractivity contribution is -0.122. The van der Waals surface area contributed by atoms with Crippen LogP contribution in [0.2, 0.25) is 5.02 Å². The highest BCUT2D eigenvalue weighted by molar-refractivity contribution is 6.30. The summed E-state index contributed by atoms with van der Waals surface area (Å²) in [6.07, 6.45) is 13.4. The molecule has 2 heterocycles. The molecule has 200 valence electrons. The monoisotopic (exact) mass is 528 g/mol. The second-order valence-electron chi connectivity index (χ2n) is 11.4. The van der Waals surface area contributed by atoms with Crippen molar-refractivity contribution in [2.24, 2.45) is 17.8 Å². The Labute approximate surface area is 224 Å². The number of anilines is 1. The van der Waals surface area contributed by atoms with E-state index in [2.05, 4.69) is 27.1 Å².